The van der Waals surface area contributed by atoms with Crippen molar-refractivity contribution in [1.29, 1.82) is 0 Å². The Morgan fingerprint density at radius 2 is 1.88 bits per heavy atom. The Kier molecular flexibility index (Phi) is 4.55. The topological polar surface area (TPSA) is 6.48 Å². The van der Waals surface area contributed by atoms with Crippen LogP contribution in [0.25, 0.3) is 0 Å². The van der Waals surface area contributed by atoms with Gasteiger partial charge >= 0.3 is 0 Å². The third kappa shape index (κ3) is 3.33. The first-order chi connectivity index (χ1) is 11.9. The van der Waals surface area contributed by atoms with Crippen molar-refractivity contribution < 1.29 is 0 Å². The first kappa shape index (κ1) is 15.3. The van der Waals surface area contributed by atoms with E-state index in [1.54, 1.807) is 16.8 Å². The molecule has 0 unspecified atom stereocenters. The maximum Gasteiger partial charge on any atom is 0.0898 e. The van der Waals surface area contributed by atoms with Crippen molar-refractivity contribution in [3.8, 4) is 0 Å². The molecule has 1 aromatic rings. The molecule has 0 amide bonds. The van der Waals surface area contributed by atoms with Gasteiger partial charge in [0.05, 0.1) is 6.67 Å². The van der Waals surface area contributed by atoms with E-state index in [1.807, 2.05) is 0 Å². The molecule has 0 spiro atoms. The molecule has 0 N–H and O–H groups in total. The second-order valence-corrected chi connectivity index (χ2v) is 6.87. The van der Waals surface area contributed by atoms with Gasteiger partial charge in [-0.15, -0.1) is 0 Å². The summed E-state index contributed by atoms with van der Waals surface area (Å²) >= 11 is 0. The minimum absolute atomic E-state index is 1.03. The van der Waals surface area contributed by atoms with Crippen LogP contribution in [0.15, 0.2) is 77.7 Å². The summed E-state index contributed by atoms with van der Waals surface area (Å²) < 4.78 is 0. The van der Waals surface area contributed by atoms with Gasteiger partial charge in [0.2, 0.25) is 0 Å². The molecule has 2 heteroatoms. The van der Waals surface area contributed by atoms with Gasteiger partial charge in [0.15, 0.2) is 0 Å². The Morgan fingerprint density at radius 3 is 2.71 bits per heavy atom. The molecule has 0 fully saturated rings. The molecule has 1 aliphatic carbocycles. The molecule has 2 nitrogen and oxygen atoms in total. The van der Waals surface area contributed by atoms with Crippen molar-refractivity contribution >= 4 is 0 Å². The van der Waals surface area contributed by atoms with E-state index < -0.39 is 0 Å². The number of allylic oxidation sites excluding steroid dienone is 5. The second-order valence-electron chi connectivity index (χ2n) is 6.87. The summed E-state index contributed by atoms with van der Waals surface area (Å²) in [6, 6.07) is 10.9. The average molecular weight is 318 g/mol. The van der Waals surface area contributed by atoms with Crippen molar-refractivity contribution in [3.63, 3.8) is 0 Å². The van der Waals surface area contributed by atoms with E-state index in [9.17, 15) is 0 Å². The monoisotopic (exact) mass is 318 g/mol. The molecule has 2 aliphatic heterocycles. The molecule has 1 aromatic carbocycles. The predicted octanol–water partition coefficient (Wildman–Crippen LogP) is 4.64. The average Bonchev–Trinajstić information content (AvgIpc) is 3.05. The van der Waals surface area contributed by atoms with E-state index in [2.05, 4.69) is 70.6 Å². The Balaban J connectivity index is 1.42. The van der Waals surface area contributed by atoms with E-state index >= 15 is 0 Å². The van der Waals surface area contributed by atoms with Crippen LogP contribution in [-0.4, -0.2) is 29.6 Å². The van der Waals surface area contributed by atoms with E-state index in [-0.39, 0.29) is 0 Å². The standard InChI is InChI=1S/C22H26N2/c1-3-8-19(9-4-1)12-13-20-10-7-11-22-21(20)14-17-24(22)18-23-15-5-2-6-16-23/h1-6,8-10,15H,7,11-14,16-18H2. The SMILES string of the molecule is C1=CCN(CN2CCC3=C2CCC=C3CCc2ccccc2)C=C1. The summed E-state index contributed by atoms with van der Waals surface area (Å²) in [6.07, 6.45) is 17.2. The zero-order chi connectivity index (χ0) is 16.2. The quantitative estimate of drug-likeness (QED) is 0.780. The predicted molar refractivity (Wildman–Crippen MR) is 100 cm³/mol. The minimum Gasteiger partial charge on any atom is -0.357 e. The lowest BCUT2D eigenvalue weighted by Crippen LogP contribution is -2.34. The molecular formula is C22H26N2. The lowest BCUT2D eigenvalue weighted by Gasteiger charge is -2.31. The van der Waals surface area contributed by atoms with Crippen LogP contribution in [0.5, 0.6) is 0 Å². The third-order valence-corrected chi connectivity index (χ3v) is 5.28. The van der Waals surface area contributed by atoms with Crippen LogP contribution < -0.4 is 0 Å². The van der Waals surface area contributed by atoms with Crippen molar-refractivity contribution in [2.75, 3.05) is 19.8 Å². The van der Waals surface area contributed by atoms with Gasteiger partial charge in [0.1, 0.15) is 0 Å². The number of nitrogens with zero attached hydrogens (tertiary/aromatic N) is 2. The lowest BCUT2D eigenvalue weighted by atomic mass is 9.90. The Labute approximate surface area is 145 Å². The molecule has 2 heterocycles. The first-order valence-corrected chi connectivity index (χ1v) is 9.18. The normalized spacial score (nSPS) is 19.8. The van der Waals surface area contributed by atoms with Crippen LogP contribution in [0.2, 0.25) is 0 Å². The highest BCUT2D eigenvalue weighted by atomic mass is 15.3. The summed E-state index contributed by atoms with van der Waals surface area (Å²) in [5.74, 6) is 0. The number of benzene rings is 1. The zero-order valence-corrected chi connectivity index (χ0v) is 14.3. The molecule has 0 aromatic heterocycles. The third-order valence-electron chi connectivity index (χ3n) is 5.28. The highest BCUT2D eigenvalue weighted by molar-refractivity contribution is 5.41. The molecule has 0 radical (unpaired) electrons. The maximum absolute atomic E-state index is 2.61. The van der Waals surface area contributed by atoms with Gasteiger partial charge in [-0.25, -0.2) is 0 Å². The van der Waals surface area contributed by atoms with E-state index in [4.69, 9.17) is 0 Å². The minimum atomic E-state index is 1.03. The van der Waals surface area contributed by atoms with Crippen molar-refractivity contribution in [2.45, 2.75) is 32.1 Å². The molecular weight excluding hydrogens is 292 g/mol. The van der Waals surface area contributed by atoms with Gasteiger partial charge in [0.25, 0.3) is 0 Å². The zero-order valence-electron chi connectivity index (χ0n) is 14.3. The van der Waals surface area contributed by atoms with E-state index in [1.165, 1.54) is 37.8 Å². The smallest absolute Gasteiger partial charge is 0.0898 e. The van der Waals surface area contributed by atoms with Gasteiger partial charge < -0.3 is 9.80 Å². The summed E-state index contributed by atoms with van der Waals surface area (Å²) in [5.41, 5.74) is 6.32. The van der Waals surface area contributed by atoms with Gasteiger partial charge in [0, 0.05) is 25.0 Å². The molecule has 124 valence electrons. The Morgan fingerprint density at radius 1 is 0.958 bits per heavy atom. The highest BCUT2D eigenvalue weighted by Crippen LogP contribution is 2.37. The molecule has 4 rings (SSSR count). The van der Waals surface area contributed by atoms with Crippen LogP contribution in [-0.2, 0) is 6.42 Å². The van der Waals surface area contributed by atoms with Gasteiger partial charge in [-0.3, -0.25) is 0 Å². The maximum atomic E-state index is 2.61. The van der Waals surface area contributed by atoms with Crippen molar-refractivity contribution in [1.82, 2.24) is 9.80 Å². The summed E-state index contributed by atoms with van der Waals surface area (Å²) in [7, 11) is 0. The lowest BCUT2D eigenvalue weighted by molar-refractivity contribution is 0.231. The largest absolute Gasteiger partial charge is 0.357 e. The fourth-order valence-corrected chi connectivity index (χ4v) is 4.04. The number of hydrogen-bond donors (Lipinski definition) is 0. The molecule has 0 saturated heterocycles. The second kappa shape index (κ2) is 7.12. The molecule has 0 saturated carbocycles. The molecule has 24 heavy (non-hydrogen) atoms. The highest BCUT2D eigenvalue weighted by Gasteiger charge is 2.27. The van der Waals surface area contributed by atoms with Gasteiger partial charge in [-0.05, 0) is 54.9 Å². The van der Waals surface area contributed by atoms with Crippen molar-refractivity contribution in [3.05, 3.63) is 83.2 Å². The van der Waals surface area contributed by atoms with Crippen LogP contribution in [0.4, 0.5) is 0 Å². The van der Waals surface area contributed by atoms with E-state index in [0.29, 0.717) is 0 Å². The number of hydrogen-bond acceptors (Lipinski definition) is 2. The number of aryl methyl sites for hydroxylation is 1. The first-order valence-electron chi connectivity index (χ1n) is 9.18. The fourth-order valence-electron chi connectivity index (χ4n) is 4.04. The van der Waals surface area contributed by atoms with Crippen molar-refractivity contribution in [2.24, 2.45) is 0 Å². The van der Waals surface area contributed by atoms with E-state index in [0.717, 1.165) is 19.6 Å². The van der Waals surface area contributed by atoms with Crippen LogP contribution in [0.1, 0.15) is 31.2 Å². The van der Waals surface area contributed by atoms with Crippen LogP contribution >= 0.6 is 0 Å². The molecule has 3 aliphatic rings. The Hall–Kier alpha value is -2.22. The van der Waals surface area contributed by atoms with Crippen LogP contribution in [0, 0.1) is 0 Å². The fraction of sp³-hybridized carbons (Fsp3) is 0.364. The summed E-state index contributed by atoms with van der Waals surface area (Å²) in [5, 5.41) is 0. The summed E-state index contributed by atoms with van der Waals surface area (Å²) in [4.78, 5) is 5.01. The van der Waals surface area contributed by atoms with Gasteiger partial charge in [-0.2, -0.15) is 0 Å². The summed E-state index contributed by atoms with van der Waals surface area (Å²) in [6.45, 7) is 3.25. The van der Waals surface area contributed by atoms with Gasteiger partial charge in [-0.1, -0.05) is 48.6 Å². The molecule has 0 bridgehead atoms. The molecule has 0 atom stereocenters. The number of rotatable bonds is 5. The Bertz CT molecular complexity index is 694. The van der Waals surface area contributed by atoms with Crippen LogP contribution in [0.3, 0.4) is 0 Å².